The number of aryl methyl sites for hydroxylation is 1. The Kier molecular flexibility index (Phi) is 1.89. The van der Waals surface area contributed by atoms with Gasteiger partial charge in [-0.15, -0.1) is 0 Å². The second-order valence-electron chi connectivity index (χ2n) is 4.87. The van der Waals surface area contributed by atoms with Gasteiger partial charge in [-0.05, 0) is 24.3 Å². The maximum absolute atomic E-state index is 5.89. The highest BCUT2D eigenvalue weighted by Gasteiger charge is 2.61. The van der Waals surface area contributed by atoms with Gasteiger partial charge >= 0.3 is 0 Å². The summed E-state index contributed by atoms with van der Waals surface area (Å²) in [7, 11) is 0. The van der Waals surface area contributed by atoms with Gasteiger partial charge in [0, 0.05) is 23.9 Å². The second-order valence-corrected chi connectivity index (χ2v) is 4.87. The summed E-state index contributed by atoms with van der Waals surface area (Å²) in [5.41, 5.74) is 8.61. The van der Waals surface area contributed by atoms with Gasteiger partial charge in [0.05, 0.1) is 0 Å². The summed E-state index contributed by atoms with van der Waals surface area (Å²) in [6, 6.07) is 0. The van der Waals surface area contributed by atoms with E-state index in [9.17, 15) is 0 Å². The molecule has 14 heavy (non-hydrogen) atoms. The van der Waals surface area contributed by atoms with Crippen molar-refractivity contribution in [1.29, 1.82) is 0 Å². The molecule has 3 nitrogen and oxygen atoms in total. The monoisotopic (exact) mass is 191 g/mol. The van der Waals surface area contributed by atoms with E-state index in [-0.39, 0.29) is 5.41 Å². The molecule has 0 aliphatic heterocycles. The topological polar surface area (TPSA) is 51.8 Å². The van der Waals surface area contributed by atoms with Gasteiger partial charge in [-0.25, -0.2) is 9.97 Å². The van der Waals surface area contributed by atoms with Crippen molar-refractivity contribution < 1.29 is 0 Å². The minimum atomic E-state index is 0.123. The molecule has 2 N–H and O–H groups in total. The van der Waals surface area contributed by atoms with Crippen LogP contribution < -0.4 is 5.73 Å². The van der Waals surface area contributed by atoms with Gasteiger partial charge in [-0.3, -0.25) is 0 Å². The van der Waals surface area contributed by atoms with Crippen LogP contribution >= 0.6 is 0 Å². The fraction of sp³-hybridized carbons (Fsp3) is 0.636. The van der Waals surface area contributed by atoms with Gasteiger partial charge in [-0.2, -0.15) is 0 Å². The van der Waals surface area contributed by atoms with Crippen molar-refractivity contribution in [3.8, 4) is 0 Å². The molecule has 0 bridgehead atoms. The van der Waals surface area contributed by atoms with Crippen LogP contribution in [-0.2, 0) is 5.41 Å². The summed E-state index contributed by atoms with van der Waals surface area (Å²) in [6.45, 7) is 7.23. The van der Waals surface area contributed by atoms with E-state index in [1.54, 1.807) is 6.33 Å². The molecular formula is C11H17N3. The fourth-order valence-electron chi connectivity index (χ4n) is 2.49. The summed E-state index contributed by atoms with van der Waals surface area (Å²) in [4.78, 5) is 8.33. The number of aromatic nitrogens is 2. The van der Waals surface area contributed by atoms with Crippen molar-refractivity contribution in [2.75, 3.05) is 6.54 Å². The number of rotatable bonds is 2. The molecule has 1 aromatic heterocycles. The molecule has 1 aromatic rings. The quantitative estimate of drug-likeness (QED) is 0.769. The van der Waals surface area contributed by atoms with Crippen molar-refractivity contribution in [3.05, 3.63) is 23.8 Å². The molecule has 0 aromatic carbocycles. The molecule has 1 aliphatic rings. The van der Waals surface area contributed by atoms with E-state index in [1.165, 1.54) is 5.56 Å². The van der Waals surface area contributed by atoms with Gasteiger partial charge < -0.3 is 5.73 Å². The first-order chi connectivity index (χ1) is 6.53. The third kappa shape index (κ3) is 1.08. The predicted octanol–water partition coefficient (Wildman–Crippen LogP) is 1.41. The van der Waals surface area contributed by atoms with E-state index in [1.807, 2.05) is 13.1 Å². The van der Waals surface area contributed by atoms with E-state index in [0.717, 1.165) is 12.1 Å². The van der Waals surface area contributed by atoms with Crippen LogP contribution in [0.25, 0.3) is 0 Å². The van der Waals surface area contributed by atoms with Crippen molar-refractivity contribution in [2.24, 2.45) is 11.1 Å². The molecule has 1 atom stereocenters. The Bertz CT molecular complexity index is 359. The SMILES string of the molecule is Cc1ncncc1C1(CN)CC1(C)C. The Morgan fingerprint density at radius 1 is 1.50 bits per heavy atom. The maximum atomic E-state index is 5.89. The van der Waals surface area contributed by atoms with Crippen LogP contribution in [-0.4, -0.2) is 16.5 Å². The Labute approximate surface area is 84.8 Å². The standard InChI is InChI=1S/C11H17N3/c1-8-9(4-13-7-14-8)11(6-12)5-10(11,2)3/h4,7H,5-6,12H2,1-3H3. The van der Waals surface area contributed by atoms with Crippen molar-refractivity contribution in [2.45, 2.75) is 32.6 Å². The highest BCUT2D eigenvalue weighted by molar-refractivity contribution is 5.38. The lowest BCUT2D eigenvalue weighted by molar-refractivity contribution is 0.498. The summed E-state index contributed by atoms with van der Waals surface area (Å²) in [5, 5.41) is 0. The van der Waals surface area contributed by atoms with Gasteiger partial charge in [0.15, 0.2) is 0 Å². The van der Waals surface area contributed by atoms with Crippen molar-refractivity contribution in [1.82, 2.24) is 9.97 Å². The smallest absolute Gasteiger partial charge is 0.115 e. The van der Waals surface area contributed by atoms with Gasteiger partial charge in [0.25, 0.3) is 0 Å². The van der Waals surface area contributed by atoms with E-state index >= 15 is 0 Å². The zero-order chi connectivity index (χ0) is 10.4. The van der Waals surface area contributed by atoms with E-state index in [4.69, 9.17) is 5.73 Å². The van der Waals surface area contributed by atoms with Gasteiger partial charge in [0.2, 0.25) is 0 Å². The van der Waals surface area contributed by atoms with E-state index in [2.05, 4.69) is 23.8 Å². The van der Waals surface area contributed by atoms with Gasteiger partial charge in [0.1, 0.15) is 6.33 Å². The molecule has 3 heteroatoms. The third-order valence-corrected chi connectivity index (χ3v) is 3.69. The first-order valence-electron chi connectivity index (χ1n) is 5.01. The molecule has 0 amide bonds. The number of nitrogens with zero attached hydrogens (tertiary/aromatic N) is 2. The lowest BCUT2D eigenvalue weighted by Gasteiger charge is -2.19. The summed E-state index contributed by atoms with van der Waals surface area (Å²) in [5.74, 6) is 0. The van der Waals surface area contributed by atoms with E-state index in [0.29, 0.717) is 12.0 Å². The second kappa shape index (κ2) is 2.76. The highest BCUT2D eigenvalue weighted by atomic mass is 14.9. The Hall–Kier alpha value is -0.960. The van der Waals surface area contributed by atoms with E-state index < -0.39 is 0 Å². The molecule has 2 rings (SSSR count). The van der Waals surface area contributed by atoms with Crippen LogP contribution in [0.5, 0.6) is 0 Å². The summed E-state index contributed by atoms with van der Waals surface area (Å²) < 4.78 is 0. The van der Waals surface area contributed by atoms with Crippen molar-refractivity contribution >= 4 is 0 Å². The lowest BCUT2D eigenvalue weighted by Crippen LogP contribution is -2.26. The van der Waals surface area contributed by atoms with Crippen molar-refractivity contribution in [3.63, 3.8) is 0 Å². The normalized spacial score (nSPS) is 28.9. The molecule has 0 radical (unpaired) electrons. The Morgan fingerprint density at radius 3 is 2.57 bits per heavy atom. The minimum absolute atomic E-state index is 0.123. The minimum Gasteiger partial charge on any atom is -0.330 e. The average molecular weight is 191 g/mol. The summed E-state index contributed by atoms with van der Waals surface area (Å²) >= 11 is 0. The molecule has 0 saturated heterocycles. The zero-order valence-electron chi connectivity index (χ0n) is 9.04. The maximum Gasteiger partial charge on any atom is 0.115 e. The zero-order valence-corrected chi connectivity index (χ0v) is 9.04. The third-order valence-electron chi connectivity index (χ3n) is 3.69. The number of nitrogens with two attached hydrogens (primary N) is 1. The lowest BCUT2D eigenvalue weighted by atomic mass is 9.88. The molecular weight excluding hydrogens is 174 g/mol. The van der Waals surface area contributed by atoms with Crippen LogP contribution in [0.15, 0.2) is 12.5 Å². The Balaban J connectivity index is 2.46. The molecule has 1 saturated carbocycles. The Morgan fingerprint density at radius 2 is 2.14 bits per heavy atom. The molecule has 1 unspecified atom stereocenters. The number of hydrogen-bond acceptors (Lipinski definition) is 3. The molecule has 1 fully saturated rings. The van der Waals surface area contributed by atoms with Gasteiger partial charge in [-0.1, -0.05) is 13.8 Å². The van der Waals surface area contributed by atoms with Crippen LogP contribution in [0.1, 0.15) is 31.5 Å². The van der Waals surface area contributed by atoms with Crippen LogP contribution in [0.3, 0.4) is 0 Å². The number of hydrogen-bond donors (Lipinski definition) is 1. The fourth-order valence-corrected chi connectivity index (χ4v) is 2.49. The highest BCUT2D eigenvalue weighted by Crippen LogP contribution is 2.63. The largest absolute Gasteiger partial charge is 0.330 e. The molecule has 76 valence electrons. The van der Waals surface area contributed by atoms with Crippen LogP contribution in [0.4, 0.5) is 0 Å². The van der Waals surface area contributed by atoms with Crippen LogP contribution in [0.2, 0.25) is 0 Å². The summed E-state index contributed by atoms with van der Waals surface area (Å²) in [6.07, 6.45) is 4.66. The molecule has 1 aliphatic carbocycles. The molecule has 1 heterocycles. The average Bonchev–Trinajstić information content (AvgIpc) is 2.70. The predicted molar refractivity (Wildman–Crippen MR) is 55.9 cm³/mol. The first kappa shape index (κ1) is 9.59. The van der Waals surface area contributed by atoms with Crippen LogP contribution in [0, 0.1) is 12.3 Å². The molecule has 0 spiro atoms. The first-order valence-corrected chi connectivity index (χ1v) is 5.01.